The van der Waals surface area contributed by atoms with E-state index >= 15 is 0 Å². The van der Waals surface area contributed by atoms with Crippen molar-refractivity contribution in [3.8, 4) is 5.75 Å². The SMILES string of the molecule is C=C(CN(C)C)C(O)c1ncc2c(c1O)COC2(CC)c1ccco1. The van der Waals surface area contributed by atoms with Gasteiger partial charge in [0.05, 0.1) is 12.9 Å². The summed E-state index contributed by atoms with van der Waals surface area (Å²) in [5, 5.41) is 21.2. The number of hydrogen-bond acceptors (Lipinski definition) is 6. The van der Waals surface area contributed by atoms with Crippen LogP contribution in [-0.4, -0.2) is 40.7 Å². The van der Waals surface area contributed by atoms with Gasteiger partial charge >= 0.3 is 0 Å². The van der Waals surface area contributed by atoms with Crippen LogP contribution in [0.15, 0.2) is 41.2 Å². The number of aliphatic hydroxyl groups is 1. The zero-order chi connectivity index (χ0) is 18.2. The van der Waals surface area contributed by atoms with Gasteiger partial charge in [-0.05, 0) is 38.2 Å². The third-order valence-corrected chi connectivity index (χ3v) is 4.67. The second kappa shape index (κ2) is 6.63. The Kier molecular flexibility index (Phi) is 4.69. The van der Waals surface area contributed by atoms with Crippen LogP contribution < -0.4 is 0 Å². The van der Waals surface area contributed by atoms with Crippen LogP contribution in [0.25, 0.3) is 0 Å². The van der Waals surface area contributed by atoms with Crippen molar-refractivity contribution in [1.29, 1.82) is 0 Å². The molecule has 0 aromatic carbocycles. The number of pyridine rings is 1. The maximum absolute atomic E-state index is 10.7. The fourth-order valence-corrected chi connectivity index (χ4v) is 3.39. The van der Waals surface area contributed by atoms with Gasteiger partial charge in [-0.3, -0.25) is 4.98 Å². The average molecular weight is 344 g/mol. The molecule has 0 radical (unpaired) electrons. The molecule has 3 heterocycles. The Labute approximate surface area is 147 Å². The summed E-state index contributed by atoms with van der Waals surface area (Å²) < 4.78 is 11.6. The first-order chi connectivity index (χ1) is 11.9. The van der Waals surface area contributed by atoms with Crippen molar-refractivity contribution < 1.29 is 19.4 Å². The Morgan fingerprint density at radius 1 is 1.48 bits per heavy atom. The largest absolute Gasteiger partial charge is 0.506 e. The van der Waals surface area contributed by atoms with E-state index in [0.29, 0.717) is 29.9 Å². The minimum Gasteiger partial charge on any atom is -0.506 e. The van der Waals surface area contributed by atoms with Crippen molar-refractivity contribution in [1.82, 2.24) is 9.88 Å². The molecule has 2 atom stereocenters. The summed E-state index contributed by atoms with van der Waals surface area (Å²) in [6, 6.07) is 3.67. The molecule has 0 bridgehead atoms. The Bertz CT molecular complexity index is 770. The van der Waals surface area contributed by atoms with Gasteiger partial charge in [0, 0.05) is 23.9 Å². The van der Waals surface area contributed by atoms with Gasteiger partial charge in [-0.1, -0.05) is 13.5 Å². The van der Waals surface area contributed by atoms with Crippen molar-refractivity contribution in [2.75, 3.05) is 20.6 Å². The zero-order valence-corrected chi connectivity index (χ0v) is 14.8. The second-order valence-electron chi connectivity index (χ2n) is 6.63. The summed E-state index contributed by atoms with van der Waals surface area (Å²) in [6.07, 6.45) is 2.87. The maximum Gasteiger partial charge on any atom is 0.153 e. The van der Waals surface area contributed by atoms with Crippen molar-refractivity contribution in [3.63, 3.8) is 0 Å². The highest BCUT2D eigenvalue weighted by Gasteiger charge is 2.45. The fraction of sp³-hybridized carbons (Fsp3) is 0.421. The topological polar surface area (TPSA) is 79.0 Å². The van der Waals surface area contributed by atoms with Crippen molar-refractivity contribution in [2.24, 2.45) is 0 Å². The van der Waals surface area contributed by atoms with Gasteiger partial charge in [0.1, 0.15) is 23.3 Å². The molecule has 2 unspecified atom stereocenters. The molecule has 0 aliphatic carbocycles. The number of furan rings is 1. The molecule has 3 rings (SSSR count). The van der Waals surface area contributed by atoms with E-state index in [1.807, 2.05) is 38.1 Å². The smallest absolute Gasteiger partial charge is 0.153 e. The average Bonchev–Trinajstić information content (AvgIpc) is 3.22. The molecule has 2 aromatic heterocycles. The predicted molar refractivity (Wildman–Crippen MR) is 93.1 cm³/mol. The number of aliphatic hydroxyl groups excluding tert-OH is 1. The molecule has 1 aliphatic heterocycles. The number of nitrogens with zero attached hydrogens (tertiary/aromatic N) is 2. The highest BCUT2D eigenvalue weighted by atomic mass is 16.5. The molecule has 2 aromatic rings. The van der Waals surface area contributed by atoms with Gasteiger partial charge in [-0.15, -0.1) is 0 Å². The lowest BCUT2D eigenvalue weighted by Gasteiger charge is -2.26. The lowest BCUT2D eigenvalue weighted by molar-refractivity contribution is -0.0236. The van der Waals surface area contributed by atoms with Crippen LogP contribution in [0.4, 0.5) is 0 Å². The minimum atomic E-state index is -1.03. The Balaban J connectivity index is 2.01. The van der Waals surface area contributed by atoms with Crippen molar-refractivity contribution in [3.05, 3.63) is 59.3 Å². The molecule has 1 aliphatic rings. The summed E-state index contributed by atoms with van der Waals surface area (Å²) in [5.41, 5.74) is 1.43. The molecule has 25 heavy (non-hydrogen) atoms. The highest BCUT2D eigenvalue weighted by Crippen LogP contribution is 2.48. The van der Waals surface area contributed by atoms with E-state index in [1.54, 1.807) is 12.5 Å². The van der Waals surface area contributed by atoms with E-state index in [1.165, 1.54) is 0 Å². The second-order valence-corrected chi connectivity index (χ2v) is 6.63. The van der Waals surface area contributed by atoms with E-state index < -0.39 is 11.7 Å². The van der Waals surface area contributed by atoms with Crippen LogP contribution in [0.1, 0.15) is 42.0 Å². The van der Waals surface area contributed by atoms with Gasteiger partial charge in [0.2, 0.25) is 0 Å². The molecule has 6 nitrogen and oxygen atoms in total. The molecule has 0 saturated carbocycles. The van der Waals surface area contributed by atoms with E-state index in [2.05, 4.69) is 11.6 Å². The summed E-state index contributed by atoms with van der Waals surface area (Å²) in [5.74, 6) is 0.645. The number of aromatic hydroxyl groups is 1. The lowest BCUT2D eigenvalue weighted by atomic mass is 9.88. The van der Waals surface area contributed by atoms with Crippen molar-refractivity contribution in [2.45, 2.75) is 31.7 Å². The summed E-state index contributed by atoms with van der Waals surface area (Å²) in [6.45, 7) is 6.63. The maximum atomic E-state index is 10.7. The first-order valence-corrected chi connectivity index (χ1v) is 8.30. The molecular weight excluding hydrogens is 320 g/mol. The highest BCUT2D eigenvalue weighted by molar-refractivity contribution is 5.50. The van der Waals surface area contributed by atoms with Gasteiger partial charge in [0.25, 0.3) is 0 Å². The predicted octanol–water partition coefficient (Wildman–Crippen LogP) is 2.72. The van der Waals surface area contributed by atoms with Crippen LogP contribution in [0.2, 0.25) is 0 Å². The van der Waals surface area contributed by atoms with Crippen LogP contribution >= 0.6 is 0 Å². The monoisotopic (exact) mass is 344 g/mol. The molecule has 0 spiro atoms. The number of hydrogen-bond donors (Lipinski definition) is 2. The fourth-order valence-electron chi connectivity index (χ4n) is 3.39. The third-order valence-electron chi connectivity index (χ3n) is 4.67. The van der Waals surface area contributed by atoms with Crippen LogP contribution in [0.5, 0.6) is 5.75 Å². The molecule has 134 valence electrons. The van der Waals surface area contributed by atoms with Gasteiger partial charge in [0.15, 0.2) is 5.60 Å². The number of rotatable bonds is 6. The molecule has 2 N–H and O–H groups in total. The number of likely N-dealkylation sites (N-methyl/N-ethyl adjacent to an activating group) is 1. The van der Waals surface area contributed by atoms with Crippen LogP contribution in [0, 0.1) is 0 Å². The van der Waals surface area contributed by atoms with E-state index in [4.69, 9.17) is 9.15 Å². The Morgan fingerprint density at radius 2 is 2.24 bits per heavy atom. The molecular formula is C19H24N2O4. The standard InChI is InChI=1S/C19H24N2O4/c1-5-19(15-7-6-8-24-15)14-9-20-16(18(23)13(14)11-25-19)17(22)12(2)10-21(3)4/h6-9,17,22-23H,2,5,10-11H2,1,3-4H3. The lowest BCUT2D eigenvalue weighted by Crippen LogP contribution is -2.25. The molecule has 0 fully saturated rings. The van der Waals surface area contributed by atoms with Crippen molar-refractivity contribution >= 4 is 0 Å². The number of ether oxygens (including phenoxy) is 1. The Hall–Kier alpha value is -2.15. The number of fused-ring (bicyclic) bond motifs is 1. The minimum absolute atomic E-state index is 0.0354. The molecule has 0 amide bonds. The molecule has 6 heteroatoms. The van der Waals surface area contributed by atoms with Crippen LogP contribution in [0.3, 0.4) is 0 Å². The summed E-state index contributed by atoms with van der Waals surface area (Å²) >= 11 is 0. The Morgan fingerprint density at radius 3 is 2.84 bits per heavy atom. The van der Waals surface area contributed by atoms with Crippen LogP contribution in [-0.2, 0) is 16.9 Å². The summed E-state index contributed by atoms with van der Waals surface area (Å²) in [4.78, 5) is 6.23. The van der Waals surface area contributed by atoms with E-state index in [9.17, 15) is 10.2 Å². The van der Waals surface area contributed by atoms with E-state index in [-0.39, 0.29) is 18.1 Å². The van der Waals surface area contributed by atoms with Gasteiger partial charge in [-0.2, -0.15) is 0 Å². The van der Waals surface area contributed by atoms with Gasteiger partial charge in [-0.25, -0.2) is 0 Å². The van der Waals surface area contributed by atoms with Gasteiger partial charge < -0.3 is 24.3 Å². The number of aromatic nitrogens is 1. The van der Waals surface area contributed by atoms with E-state index in [0.717, 1.165) is 5.56 Å². The molecule has 0 saturated heterocycles. The normalized spacial score (nSPS) is 20.7. The zero-order valence-electron chi connectivity index (χ0n) is 14.8. The summed E-state index contributed by atoms with van der Waals surface area (Å²) in [7, 11) is 3.78. The first kappa shape index (κ1) is 17.7. The quantitative estimate of drug-likeness (QED) is 0.785. The third kappa shape index (κ3) is 2.86. The first-order valence-electron chi connectivity index (χ1n) is 8.30.